The van der Waals surface area contributed by atoms with Crippen molar-refractivity contribution in [2.24, 2.45) is 5.92 Å². The first-order valence-electron chi connectivity index (χ1n) is 8.80. The molecule has 1 unspecified atom stereocenters. The third kappa shape index (κ3) is 4.26. The van der Waals surface area contributed by atoms with Crippen LogP contribution in [0.3, 0.4) is 0 Å². The first-order chi connectivity index (χ1) is 11.6. The van der Waals surface area contributed by atoms with Gasteiger partial charge in [-0.25, -0.2) is 0 Å². The van der Waals surface area contributed by atoms with Crippen molar-refractivity contribution >= 4 is 0 Å². The minimum atomic E-state index is -0.286. The number of benzene rings is 1. The molecule has 1 aromatic carbocycles. The van der Waals surface area contributed by atoms with Gasteiger partial charge in [0.05, 0.1) is 6.20 Å². The molecule has 4 heteroatoms. The largest absolute Gasteiger partial charge is 0.503 e. The van der Waals surface area contributed by atoms with Gasteiger partial charge in [-0.2, -0.15) is 0 Å². The van der Waals surface area contributed by atoms with Gasteiger partial charge in [0.15, 0.2) is 5.75 Å². The summed E-state index contributed by atoms with van der Waals surface area (Å²) in [6.07, 6.45) is 4.97. The van der Waals surface area contributed by atoms with Crippen LogP contribution in [0.1, 0.15) is 31.0 Å². The zero-order valence-corrected chi connectivity index (χ0v) is 14.3. The summed E-state index contributed by atoms with van der Waals surface area (Å²) in [6, 6.07) is 11.9. The summed E-state index contributed by atoms with van der Waals surface area (Å²) in [5.41, 5.74) is 1.96. The summed E-state index contributed by atoms with van der Waals surface area (Å²) in [5.74, 6) is 0.541. The van der Waals surface area contributed by atoms with E-state index in [9.17, 15) is 9.90 Å². The van der Waals surface area contributed by atoms with Crippen molar-refractivity contribution in [2.75, 3.05) is 13.1 Å². The van der Waals surface area contributed by atoms with E-state index in [0.29, 0.717) is 5.92 Å². The fourth-order valence-electron chi connectivity index (χ4n) is 3.50. The number of aromatic nitrogens is 1. The maximum absolute atomic E-state index is 11.9. The van der Waals surface area contributed by atoms with Crippen LogP contribution < -0.4 is 5.43 Å². The van der Waals surface area contributed by atoms with E-state index in [4.69, 9.17) is 0 Å². The van der Waals surface area contributed by atoms with Gasteiger partial charge >= 0.3 is 0 Å². The Bertz CT molecular complexity index is 724. The lowest BCUT2D eigenvalue weighted by Gasteiger charge is -2.31. The molecule has 1 aromatic heterocycles. The highest BCUT2D eigenvalue weighted by atomic mass is 16.3. The predicted molar refractivity (Wildman–Crippen MR) is 96.2 cm³/mol. The van der Waals surface area contributed by atoms with Gasteiger partial charge in [-0.1, -0.05) is 37.3 Å². The number of hydrogen-bond acceptors (Lipinski definition) is 3. The summed E-state index contributed by atoms with van der Waals surface area (Å²) in [4.78, 5) is 14.3. The smallest absolute Gasteiger partial charge is 0.223 e. The standard InChI is InChI=1S/C20H26N2O2/c1-16-6-5-10-21(13-16)14-18-12-19(23)20(24)15-22(18)11-9-17-7-3-2-4-8-17/h2-4,7-8,12,15-16,24H,5-6,9-11,13-14H2,1H3. The third-order valence-corrected chi connectivity index (χ3v) is 4.81. The number of rotatable bonds is 5. The Kier molecular flexibility index (Phi) is 5.36. The van der Waals surface area contributed by atoms with Crippen molar-refractivity contribution in [3.8, 4) is 5.75 Å². The summed E-state index contributed by atoms with van der Waals surface area (Å²) in [7, 11) is 0. The molecule has 0 radical (unpaired) electrons. The number of aryl methyl sites for hydroxylation is 2. The predicted octanol–water partition coefficient (Wildman–Crippen LogP) is 3.03. The van der Waals surface area contributed by atoms with Crippen LogP contribution in [0.25, 0.3) is 0 Å². The maximum Gasteiger partial charge on any atom is 0.223 e. The van der Waals surface area contributed by atoms with Gasteiger partial charge < -0.3 is 9.67 Å². The Balaban J connectivity index is 1.76. The summed E-state index contributed by atoms with van der Waals surface area (Å²) in [6.45, 7) is 5.97. The highest BCUT2D eigenvalue weighted by Gasteiger charge is 2.18. The van der Waals surface area contributed by atoms with Crippen LogP contribution in [-0.2, 0) is 19.5 Å². The average molecular weight is 326 g/mol. The van der Waals surface area contributed by atoms with Crippen LogP contribution in [0.15, 0.2) is 47.4 Å². The number of piperidine rings is 1. The number of hydrogen-bond donors (Lipinski definition) is 1. The first kappa shape index (κ1) is 16.8. The van der Waals surface area contributed by atoms with Gasteiger partial charge in [0, 0.05) is 31.4 Å². The van der Waals surface area contributed by atoms with Crippen molar-refractivity contribution in [1.29, 1.82) is 0 Å². The molecule has 0 amide bonds. The molecule has 0 aliphatic carbocycles. The first-order valence-corrected chi connectivity index (χ1v) is 8.80. The van der Waals surface area contributed by atoms with Crippen molar-refractivity contribution in [3.63, 3.8) is 0 Å². The molecule has 1 atom stereocenters. The molecule has 4 nitrogen and oxygen atoms in total. The summed E-state index contributed by atoms with van der Waals surface area (Å²) < 4.78 is 2.03. The van der Waals surface area contributed by atoms with Crippen LogP contribution in [-0.4, -0.2) is 27.7 Å². The molecule has 1 aliphatic heterocycles. The molecule has 1 saturated heterocycles. The van der Waals surface area contributed by atoms with Crippen molar-refractivity contribution < 1.29 is 5.11 Å². The van der Waals surface area contributed by atoms with E-state index < -0.39 is 0 Å². The SMILES string of the molecule is CC1CCCN(Cc2cc(=O)c(O)cn2CCc2ccccc2)C1. The second-order valence-corrected chi connectivity index (χ2v) is 6.93. The minimum absolute atomic E-state index is 0.168. The second-order valence-electron chi connectivity index (χ2n) is 6.93. The van der Waals surface area contributed by atoms with E-state index >= 15 is 0 Å². The van der Waals surface area contributed by atoms with Crippen LogP contribution in [0.4, 0.5) is 0 Å². The Morgan fingerprint density at radius 3 is 2.79 bits per heavy atom. The van der Waals surface area contributed by atoms with Crippen molar-refractivity contribution in [3.05, 3.63) is 64.1 Å². The number of pyridine rings is 1. The van der Waals surface area contributed by atoms with E-state index in [-0.39, 0.29) is 11.2 Å². The van der Waals surface area contributed by atoms with Gasteiger partial charge in [-0.05, 0) is 37.3 Å². The lowest BCUT2D eigenvalue weighted by Crippen LogP contribution is -2.35. The Labute approximate surface area is 143 Å². The molecule has 1 N–H and O–H groups in total. The van der Waals surface area contributed by atoms with Crippen LogP contribution in [0.2, 0.25) is 0 Å². The summed E-state index contributed by atoms with van der Waals surface area (Å²) in [5, 5.41) is 9.82. The topological polar surface area (TPSA) is 45.5 Å². The van der Waals surface area contributed by atoms with E-state index in [1.54, 1.807) is 12.3 Å². The molecule has 1 fully saturated rings. The number of aromatic hydroxyl groups is 1. The minimum Gasteiger partial charge on any atom is -0.503 e. The molecular formula is C20H26N2O2. The molecule has 128 valence electrons. The molecule has 2 heterocycles. The average Bonchev–Trinajstić information content (AvgIpc) is 2.58. The zero-order chi connectivity index (χ0) is 16.9. The molecule has 1 aliphatic rings. The zero-order valence-electron chi connectivity index (χ0n) is 14.3. The lowest BCUT2D eigenvalue weighted by molar-refractivity contribution is 0.172. The fraction of sp³-hybridized carbons (Fsp3) is 0.450. The lowest BCUT2D eigenvalue weighted by atomic mass is 10.0. The molecule has 0 saturated carbocycles. The van der Waals surface area contributed by atoms with Crippen LogP contribution in [0.5, 0.6) is 5.75 Å². The Morgan fingerprint density at radius 2 is 2.04 bits per heavy atom. The van der Waals surface area contributed by atoms with Crippen molar-refractivity contribution in [1.82, 2.24) is 9.47 Å². The third-order valence-electron chi connectivity index (χ3n) is 4.81. The van der Waals surface area contributed by atoms with Gasteiger partial charge in [-0.3, -0.25) is 9.69 Å². The van der Waals surface area contributed by atoms with Crippen LogP contribution >= 0.6 is 0 Å². The molecule has 0 spiro atoms. The van der Waals surface area contributed by atoms with Crippen molar-refractivity contribution in [2.45, 2.75) is 39.3 Å². The molecule has 0 bridgehead atoms. The Hall–Kier alpha value is -2.07. The second kappa shape index (κ2) is 7.67. The monoisotopic (exact) mass is 326 g/mol. The molecular weight excluding hydrogens is 300 g/mol. The van der Waals surface area contributed by atoms with E-state index in [2.05, 4.69) is 24.0 Å². The van der Waals surface area contributed by atoms with Gasteiger partial charge in [0.25, 0.3) is 0 Å². The highest BCUT2D eigenvalue weighted by Crippen LogP contribution is 2.18. The molecule has 24 heavy (non-hydrogen) atoms. The number of likely N-dealkylation sites (tertiary alicyclic amines) is 1. The molecule has 3 rings (SSSR count). The van der Waals surface area contributed by atoms with E-state index in [1.165, 1.54) is 18.4 Å². The maximum atomic E-state index is 11.9. The quantitative estimate of drug-likeness (QED) is 0.918. The highest BCUT2D eigenvalue weighted by molar-refractivity contribution is 5.21. The fourth-order valence-corrected chi connectivity index (χ4v) is 3.50. The van der Waals surface area contributed by atoms with Crippen LogP contribution in [0, 0.1) is 5.92 Å². The van der Waals surface area contributed by atoms with Gasteiger partial charge in [0.1, 0.15) is 0 Å². The molecule has 2 aromatic rings. The Morgan fingerprint density at radius 1 is 1.25 bits per heavy atom. The summed E-state index contributed by atoms with van der Waals surface area (Å²) >= 11 is 0. The normalized spacial score (nSPS) is 18.6. The van der Waals surface area contributed by atoms with E-state index in [0.717, 1.165) is 38.3 Å². The van der Waals surface area contributed by atoms with Gasteiger partial charge in [0.2, 0.25) is 5.43 Å². The number of nitrogens with zero attached hydrogens (tertiary/aromatic N) is 2. The van der Waals surface area contributed by atoms with E-state index in [1.807, 2.05) is 22.8 Å². The van der Waals surface area contributed by atoms with Gasteiger partial charge in [-0.15, -0.1) is 0 Å².